The summed E-state index contributed by atoms with van der Waals surface area (Å²) in [6, 6.07) is 3.52. The van der Waals surface area contributed by atoms with Gasteiger partial charge in [-0.1, -0.05) is 6.92 Å². The summed E-state index contributed by atoms with van der Waals surface area (Å²) in [5.74, 6) is -7.72. The third kappa shape index (κ3) is 5.29. The SMILES string of the molecule is Cc1c(F)cc(CC(F)(F)c2c(F)cc(C3CCC(C4CCC(C)CO4)CC3)cc2F)cc1F. The molecular formula is C27H30F6O. The lowest BCUT2D eigenvalue weighted by molar-refractivity contribution is -0.0524. The summed E-state index contributed by atoms with van der Waals surface area (Å²) < 4.78 is 92.8. The van der Waals surface area contributed by atoms with Crippen molar-refractivity contribution in [1.29, 1.82) is 0 Å². The summed E-state index contributed by atoms with van der Waals surface area (Å²) in [5, 5.41) is 0. The molecule has 1 saturated carbocycles. The molecule has 0 spiro atoms. The van der Waals surface area contributed by atoms with Crippen LogP contribution in [0, 0.1) is 42.0 Å². The molecule has 2 atom stereocenters. The fourth-order valence-electron chi connectivity index (χ4n) is 5.42. The molecule has 2 aromatic rings. The van der Waals surface area contributed by atoms with Crippen molar-refractivity contribution in [2.75, 3.05) is 6.61 Å². The summed E-state index contributed by atoms with van der Waals surface area (Å²) in [5.41, 5.74) is -1.66. The van der Waals surface area contributed by atoms with Gasteiger partial charge in [0.15, 0.2) is 0 Å². The van der Waals surface area contributed by atoms with Gasteiger partial charge in [0.2, 0.25) is 0 Å². The van der Waals surface area contributed by atoms with Crippen molar-refractivity contribution in [2.45, 2.75) is 76.7 Å². The van der Waals surface area contributed by atoms with E-state index in [9.17, 15) is 26.3 Å². The van der Waals surface area contributed by atoms with Crippen LogP contribution in [0.4, 0.5) is 26.3 Å². The molecule has 2 fully saturated rings. The lowest BCUT2D eigenvalue weighted by atomic mass is 9.75. The molecule has 7 heteroatoms. The van der Waals surface area contributed by atoms with Crippen molar-refractivity contribution < 1.29 is 31.1 Å². The molecule has 0 N–H and O–H groups in total. The van der Waals surface area contributed by atoms with E-state index in [-0.39, 0.29) is 23.1 Å². The van der Waals surface area contributed by atoms with Crippen LogP contribution in [0.1, 0.15) is 73.6 Å². The molecule has 34 heavy (non-hydrogen) atoms. The highest BCUT2D eigenvalue weighted by Gasteiger charge is 2.39. The molecular weight excluding hydrogens is 454 g/mol. The number of halogens is 6. The Labute approximate surface area is 196 Å². The first-order chi connectivity index (χ1) is 16.0. The quantitative estimate of drug-likeness (QED) is 0.391. The largest absolute Gasteiger partial charge is 0.378 e. The number of hydrogen-bond acceptors (Lipinski definition) is 1. The number of rotatable bonds is 5. The van der Waals surface area contributed by atoms with Crippen molar-refractivity contribution in [2.24, 2.45) is 11.8 Å². The Hall–Kier alpha value is -2.02. The molecule has 0 bridgehead atoms. The van der Waals surface area contributed by atoms with Crippen molar-refractivity contribution in [3.63, 3.8) is 0 Å². The molecule has 1 saturated heterocycles. The van der Waals surface area contributed by atoms with Crippen LogP contribution in [0.5, 0.6) is 0 Å². The monoisotopic (exact) mass is 484 g/mol. The second-order valence-corrected chi connectivity index (χ2v) is 10.1. The van der Waals surface area contributed by atoms with E-state index in [1.54, 1.807) is 0 Å². The minimum absolute atomic E-state index is 0.106. The lowest BCUT2D eigenvalue weighted by Crippen LogP contribution is -2.33. The van der Waals surface area contributed by atoms with E-state index in [0.717, 1.165) is 69.4 Å². The minimum Gasteiger partial charge on any atom is -0.378 e. The van der Waals surface area contributed by atoms with Gasteiger partial charge in [0.05, 0.1) is 11.7 Å². The van der Waals surface area contributed by atoms with Crippen LogP contribution in [0.2, 0.25) is 0 Å². The van der Waals surface area contributed by atoms with E-state index in [4.69, 9.17) is 4.74 Å². The normalized spacial score (nSPS) is 26.0. The molecule has 186 valence electrons. The van der Waals surface area contributed by atoms with Crippen LogP contribution in [0.25, 0.3) is 0 Å². The van der Waals surface area contributed by atoms with E-state index in [1.807, 2.05) is 0 Å². The topological polar surface area (TPSA) is 9.23 Å². The maximum atomic E-state index is 14.8. The van der Waals surface area contributed by atoms with Crippen LogP contribution in [-0.4, -0.2) is 12.7 Å². The van der Waals surface area contributed by atoms with E-state index in [1.165, 1.54) is 6.92 Å². The average molecular weight is 485 g/mol. The van der Waals surface area contributed by atoms with Gasteiger partial charge in [-0.15, -0.1) is 0 Å². The molecule has 0 radical (unpaired) electrons. The first-order valence-electron chi connectivity index (χ1n) is 12.0. The maximum absolute atomic E-state index is 14.8. The summed E-state index contributed by atoms with van der Waals surface area (Å²) in [4.78, 5) is 0. The third-order valence-corrected chi connectivity index (χ3v) is 7.50. The Morgan fingerprint density at radius 2 is 1.41 bits per heavy atom. The molecule has 2 unspecified atom stereocenters. The van der Waals surface area contributed by atoms with Gasteiger partial charge in [-0.05, 0) is 98.6 Å². The molecule has 0 aromatic heterocycles. The molecule has 1 aliphatic carbocycles. The van der Waals surface area contributed by atoms with Gasteiger partial charge >= 0.3 is 0 Å². The van der Waals surface area contributed by atoms with Gasteiger partial charge in [0, 0.05) is 18.6 Å². The maximum Gasteiger partial charge on any atom is 0.282 e. The van der Waals surface area contributed by atoms with Gasteiger partial charge in [0.1, 0.15) is 23.3 Å². The van der Waals surface area contributed by atoms with Crippen LogP contribution in [0.3, 0.4) is 0 Å². The molecule has 4 rings (SSSR count). The lowest BCUT2D eigenvalue weighted by Gasteiger charge is -2.37. The van der Waals surface area contributed by atoms with E-state index < -0.39 is 41.2 Å². The average Bonchev–Trinajstić information content (AvgIpc) is 2.77. The molecule has 2 aliphatic rings. The first-order valence-corrected chi connectivity index (χ1v) is 12.0. The van der Waals surface area contributed by atoms with Crippen LogP contribution >= 0.6 is 0 Å². The smallest absolute Gasteiger partial charge is 0.282 e. The van der Waals surface area contributed by atoms with Crippen molar-refractivity contribution in [3.8, 4) is 0 Å². The van der Waals surface area contributed by atoms with Crippen LogP contribution in [-0.2, 0) is 17.1 Å². The zero-order valence-electron chi connectivity index (χ0n) is 19.5. The standard InChI is InChI=1S/C27H30F6O/c1-15-3-8-25(34-14-15)19-6-4-18(5-7-19)20-11-23(30)26(24(31)12-20)27(32,33)13-17-9-21(28)16(2)22(29)10-17/h9-12,15,18-19,25H,3-8,13-14H2,1-2H3. The zero-order valence-corrected chi connectivity index (χ0v) is 19.5. The van der Waals surface area contributed by atoms with Crippen LogP contribution < -0.4 is 0 Å². The van der Waals surface area contributed by atoms with E-state index in [2.05, 4.69) is 6.92 Å². The van der Waals surface area contributed by atoms with E-state index >= 15 is 0 Å². The predicted octanol–water partition coefficient (Wildman–Crippen LogP) is 7.97. The fourth-order valence-corrected chi connectivity index (χ4v) is 5.42. The molecule has 1 aliphatic heterocycles. The van der Waals surface area contributed by atoms with Crippen molar-refractivity contribution >= 4 is 0 Å². The summed E-state index contributed by atoms with van der Waals surface area (Å²) in [6.07, 6.45) is 4.36. The van der Waals surface area contributed by atoms with Gasteiger partial charge in [0.25, 0.3) is 5.92 Å². The van der Waals surface area contributed by atoms with Crippen molar-refractivity contribution in [3.05, 3.63) is 69.8 Å². The number of benzene rings is 2. The fraction of sp³-hybridized carbons (Fsp3) is 0.556. The summed E-state index contributed by atoms with van der Waals surface area (Å²) in [6.45, 7) is 4.11. The summed E-state index contributed by atoms with van der Waals surface area (Å²) >= 11 is 0. The van der Waals surface area contributed by atoms with E-state index in [0.29, 0.717) is 17.4 Å². The number of alkyl halides is 2. The highest BCUT2D eigenvalue weighted by Crippen LogP contribution is 2.42. The highest BCUT2D eigenvalue weighted by atomic mass is 19.3. The zero-order chi connectivity index (χ0) is 24.6. The van der Waals surface area contributed by atoms with Gasteiger partial charge in [-0.25, -0.2) is 26.3 Å². The van der Waals surface area contributed by atoms with Crippen molar-refractivity contribution in [1.82, 2.24) is 0 Å². The first kappa shape index (κ1) is 25.1. The Morgan fingerprint density at radius 1 is 0.824 bits per heavy atom. The van der Waals surface area contributed by atoms with Crippen LogP contribution in [0.15, 0.2) is 24.3 Å². The Kier molecular flexibility index (Phi) is 7.32. The minimum atomic E-state index is -3.96. The highest BCUT2D eigenvalue weighted by molar-refractivity contribution is 5.34. The second kappa shape index (κ2) is 9.92. The number of hydrogen-bond donors (Lipinski definition) is 0. The van der Waals surface area contributed by atoms with Gasteiger partial charge in [-0.3, -0.25) is 0 Å². The summed E-state index contributed by atoms with van der Waals surface area (Å²) in [7, 11) is 0. The van der Waals surface area contributed by atoms with Gasteiger partial charge < -0.3 is 4.74 Å². The Bertz CT molecular complexity index is 974. The Balaban J connectivity index is 1.47. The molecule has 1 nitrogen and oxygen atoms in total. The van der Waals surface area contributed by atoms with Gasteiger partial charge in [-0.2, -0.15) is 0 Å². The molecule has 1 heterocycles. The predicted molar refractivity (Wildman–Crippen MR) is 118 cm³/mol. The number of ether oxygens (including phenoxy) is 1. The molecule has 0 amide bonds. The molecule has 2 aromatic carbocycles. The Morgan fingerprint density at radius 3 is 1.94 bits per heavy atom. The second-order valence-electron chi connectivity index (χ2n) is 10.1. The third-order valence-electron chi connectivity index (χ3n) is 7.50.